The van der Waals surface area contributed by atoms with Crippen molar-refractivity contribution >= 4 is 11.9 Å². The van der Waals surface area contributed by atoms with Crippen LogP contribution in [-0.2, 0) is 4.74 Å². The zero-order valence-electron chi connectivity index (χ0n) is 14.3. The first-order chi connectivity index (χ1) is 11.5. The third kappa shape index (κ3) is 3.56. The van der Waals surface area contributed by atoms with Gasteiger partial charge in [-0.2, -0.15) is 0 Å². The predicted molar refractivity (Wildman–Crippen MR) is 91.3 cm³/mol. The Labute approximate surface area is 141 Å². The monoisotopic (exact) mass is 327 g/mol. The summed E-state index contributed by atoms with van der Waals surface area (Å²) in [4.78, 5) is 25.8. The SMILES string of the molecule is COC(=O)c1ccc(C(=O)N(C)C(C)c2ccccc2OC)cc1. The highest BCUT2D eigenvalue weighted by molar-refractivity contribution is 5.96. The van der Waals surface area contributed by atoms with E-state index in [1.165, 1.54) is 7.11 Å². The van der Waals surface area contributed by atoms with Gasteiger partial charge in [-0.15, -0.1) is 0 Å². The van der Waals surface area contributed by atoms with Crippen LogP contribution in [0.25, 0.3) is 0 Å². The first-order valence-electron chi connectivity index (χ1n) is 7.58. The first-order valence-corrected chi connectivity index (χ1v) is 7.58. The van der Waals surface area contributed by atoms with Crippen molar-refractivity contribution in [1.82, 2.24) is 4.90 Å². The van der Waals surface area contributed by atoms with Crippen molar-refractivity contribution in [2.45, 2.75) is 13.0 Å². The van der Waals surface area contributed by atoms with Crippen LogP contribution in [0.1, 0.15) is 39.2 Å². The molecule has 5 heteroatoms. The number of rotatable bonds is 5. The van der Waals surface area contributed by atoms with Crippen molar-refractivity contribution in [2.75, 3.05) is 21.3 Å². The summed E-state index contributed by atoms with van der Waals surface area (Å²) < 4.78 is 10.0. The molecule has 0 bridgehead atoms. The van der Waals surface area contributed by atoms with Crippen molar-refractivity contribution in [3.63, 3.8) is 0 Å². The second-order valence-electron chi connectivity index (χ2n) is 5.40. The van der Waals surface area contributed by atoms with Gasteiger partial charge in [0.1, 0.15) is 5.75 Å². The van der Waals surface area contributed by atoms with Crippen LogP contribution in [0, 0.1) is 0 Å². The van der Waals surface area contributed by atoms with Crippen molar-refractivity contribution in [3.8, 4) is 5.75 Å². The molecule has 24 heavy (non-hydrogen) atoms. The van der Waals surface area contributed by atoms with Crippen LogP contribution >= 0.6 is 0 Å². The summed E-state index contributed by atoms with van der Waals surface area (Å²) in [6.07, 6.45) is 0. The van der Waals surface area contributed by atoms with Gasteiger partial charge in [0.05, 0.1) is 25.8 Å². The lowest BCUT2D eigenvalue weighted by atomic mass is 10.0. The Morgan fingerprint density at radius 1 is 0.958 bits per heavy atom. The third-order valence-corrected chi connectivity index (χ3v) is 4.04. The Bertz CT molecular complexity index is 724. The molecule has 0 saturated heterocycles. The highest BCUT2D eigenvalue weighted by Crippen LogP contribution is 2.28. The number of nitrogens with zero attached hydrogens (tertiary/aromatic N) is 1. The quantitative estimate of drug-likeness (QED) is 0.791. The molecule has 1 amide bonds. The molecule has 0 N–H and O–H groups in total. The summed E-state index contributed by atoms with van der Waals surface area (Å²) in [6, 6.07) is 13.9. The van der Waals surface area contributed by atoms with E-state index in [2.05, 4.69) is 4.74 Å². The lowest BCUT2D eigenvalue weighted by molar-refractivity contribution is 0.0599. The van der Waals surface area contributed by atoms with Gasteiger partial charge in [0, 0.05) is 18.2 Å². The fraction of sp³-hybridized carbons (Fsp3) is 0.263. The van der Waals surface area contributed by atoms with E-state index in [0.29, 0.717) is 11.1 Å². The number of hydrogen-bond donors (Lipinski definition) is 0. The largest absolute Gasteiger partial charge is 0.496 e. The molecular weight excluding hydrogens is 306 g/mol. The molecule has 0 fully saturated rings. The molecule has 1 unspecified atom stereocenters. The molecule has 0 radical (unpaired) electrons. The number of para-hydroxylation sites is 1. The van der Waals surface area contributed by atoms with E-state index in [4.69, 9.17) is 4.74 Å². The molecular formula is C19H21NO4. The number of ether oxygens (including phenoxy) is 2. The predicted octanol–water partition coefficient (Wildman–Crippen LogP) is 3.32. The number of amides is 1. The van der Waals surface area contributed by atoms with Gasteiger partial charge in [-0.3, -0.25) is 4.79 Å². The van der Waals surface area contributed by atoms with Crippen molar-refractivity contribution in [2.24, 2.45) is 0 Å². The third-order valence-electron chi connectivity index (χ3n) is 4.04. The van der Waals surface area contributed by atoms with Gasteiger partial charge in [0.25, 0.3) is 5.91 Å². The molecule has 0 aliphatic rings. The van der Waals surface area contributed by atoms with Gasteiger partial charge < -0.3 is 14.4 Å². The van der Waals surface area contributed by atoms with Gasteiger partial charge in [-0.1, -0.05) is 18.2 Å². The topological polar surface area (TPSA) is 55.8 Å². The van der Waals surface area contributed by atoms with E-state index in [9.17, 15) is 9.59 Å². The Morgan fingerprint density at radius 2 is 1.54 bits per heavy atom. The Hall–Kier alpha value is -2.82. The number of carbonyl (C=O) groups excluding carboxylic acids is 2. The van der Waals surface area contributed by atoms with Crippen LogP contribution in [-0.4, -0.2) is 38.0 Å². The van der Waals surface area contributed by atoms with Gasteiger partial charge in [0.2, 0.25) is 0 Å². The normalized spacial score (nSPS) is 11.5. The average Bonchev–Trinajstić information content (AvgIpc) is 2.65. The minimum absolute atomic E-state index is 0.134. The second kappa shape index (κ2) is 7.64. The van der Waals surface area contributed by atoms with Crippen LogP contribution in [0.2, 0.25) is 0 Å². The van der Waals surface area contributed by atoms with Crippen LogP contribution in [0.3, 0.4) is 0 Å². The van der Waals surface area contributed by atoms with Gasteiger partial charge in [-0.05, 0) is 37.3 Å². The maximum atomic E-state index is 12.7. The summed E-state index contributed by atoms with van der Waals surface area (Å²) in [5, 5.41) is 0. The molecule has 5 nitrogen and oxygen atoms in total. The highest BCUT2D eigenvalue weighted by atomic mass is 16.5. The minimum Gasteiger partial charge on any atom is -0.496 e. The van der Waals surface area contributed by atoms with Crippen molar-refractivity contribution in [3.05, 3.63) is 65.2 Å². The smallest absolute Gasteiger partial charge is 0.337 e. The van der Waals surface area contributed by atoms with Crippen LogP contribution in [0.15, 0.2) is 48.5 Å². The molecule has 126 valence electrons. The molecule has 0 aliphatic heterocycles. The molecule has 0 heterocycles. The van der Waals surface area contributed by atoms with E-state index in [0.717, 1.165) is 11.3 Å². The first kappa shape index (κ1) is 17.5. The summed E-state index contributed by atoms with van der Waals surface area (Å²) in [7, 11) is 4.68. The lowest BCUT2D eigenvalue weighted by Crippen LogP contribution is -2.29. The van der Waals surface area contributed by atoms with Crippen LogP contribution < -0.4 is 4.74 Å². The zero-order valence-corrected chi connectivity index (χ0v) is 14.3. The summed E-state index contributed by atoms with van der Waals surface area (Å²) in [5.41, 5.74) is 1.85. The van der Waals surface area contributed by atoms with E-state index in [1.54, 1.807) is 43.3 Å². The van der Waals surface area contributed by atoms with Crippen LogP contribution in [0.5, 0.6) is 5.75 Å². The second-order valence-corrected chi connectivity index (χ2v) is 5.40. The van der Waals surface area contributed by atoms with E-state index in [-0.39, 0.29) is 11.9 Å². The van der Waals surface area contributed by atoms with Crippen LogP contribution in [0.4, 0.5) is 0 Å². The standard InChI is InChI=1S/C19H21NO4/c1-13(16-7-5-6-8-17(16)23-3)20(2)18(21)14-9-11-15(12-10-14)19(22)24-4/h5-13H,1-4H3. The molecule has 0 aromatic heterocycles. The Morgan fingerprint density at radius 3 is 2.12 bits per heavy atom. The van der Waals surface area contributed by atoms with Gasteiger partial charge in [0.15, 0.2) is 0 Å². The summed E-state index contributed by atoms with van der Waals surface area (Å²) in [6.45, 7) is 1.94. The number of carbonyl (C=O) groups is 2. The number of esters is 1. The fourth-order valence-corrected chi connectivity index (χ4v) is 2.47. The van der Waals surface area contributed by atoms with E-state index < -0.39 is 5.97 Å². The zero-order chi connectivity index (χ0) is 17.7. The molecule has 0 spiro atoms. The molecule has 1 atom stereocenters. The van der Waals surface area contributed by atoms with Gasteiger partial charge in [-0.25, -0.2) is 4.79 Å². The molecule has 2 aromatic rings. The lowest BCUT2D eigenvalue weighted by Gasteiger charge is -2.26. The molecule has 0 saturated carbocycles. The van der Waals surface area contributed by atoms with Gasteiger partial charge >= 0.3 is 5.97 Å². The maximum absolute atomic E-state index is 12.7. The number of hydrogen-bond acceptors (Lipinski definition) is 4. The summed E-state index contributed by atoms with van der Waals surface area (Å²) >= 11 is 0. The molecule has 0 aliphatic carbocycles. The average molecular weight is 327 g/mol. The Kier molecular flexibility index (Phi) is 5.58. The molecule has 2 rings (SSSR count). The summed E-state index contributed by atoms with van der Waals surface area (Å²) in [5.74, 6) is 0.181. The van der Waals surface area contributed by atoms with E-state index in [1.807, 2.05) is 31.2 Å². The number of benzene rings is 2. The maximum Gasteiger partial charge on any atom is 0.337 e. The number of methoxy groups -OCH3 is 2. The van der Waals surface area contributed by atoms with E-state index >= 15 is 0 Å². The minimum atomic E-state index is -0.426. The molecule has 2 aromatic carbocycles. The highest BCUT2D eigenvalue weighted by Gasteiger charge is 2.21. The Balaban J connectivity index is 2.21. The fourth-order valence-electron chi connectivity index (χ4n) is 2.47. The van der Waals surface area contributed by atoms with Crippen molar-refractivity contribution < 1.29 is 19.1 Å². The van der Waals surface area contributed by atoms with Crippen molar-refractivity contribution in [1.29, 1.82) is 0 Å².